The van der Waals surface area contributed by atoms with Crippen molar-refractivity contribution in [3.05, 3.63) is 42.0 Å². The molecule has 0 radical (unpaired) electrons. The van der Waals surface area contributed by atoms with Crippen LogP contribution in [0.4, 0.5) is 32.6 Å². The van der Waals surface area contributed by atoms with Crippen LogP contribution in [-0.2, 0) is 0 Å². The fourth-order valence-electron chi connectivity index (χ4n) is 4.87. The van der Waals surface area contributed by atoms with Crippen molar-refractivity contribution in [3.8, 4) is 11.3 Å². The SMILES string of the molecule is O=C(NC1CCCC(Nc2nc(-c3cn(SI)c4ncc(F)cc34)c(F)cc2F)C1)N1CCC(F)(F)C1. The van der Waals surface area contributed by atoms with Gasteiger partial charge in [0.25, 0.3) is 5.92 Å². The van der Waals surface area contributed by atoms with Gasteiger partial charge in [-0.2, -0.15) is 0 Å². The van der Waals surface area contributed by atoms with Gasteiger partial charge in [-0.25, -0.2) is 36.7 Å². The number of amides is 2. The van der Waals surface area contributed by atoms with Crippen LogP contribution in [0.15, 0.2) is 24.5 Å². The Morgan fingerprint density at radius 1 is 1.16 bits per heavy atom. The molecule has 2 unspecified atom stereocenters. The zero-order valence-corrected chi connectivity index (χ0v) is 22.3. The fourth-order valence-corrected chi connectivity index (χ4v) is 6.13. The third kappa shape index (κ3) is 5.59. The third-order valence-electron chi connectivity index (χ3n) is 6.64. The summed E-state index contributed by atoms with van der Waals surface area (Å²) in [6, 6.07) is 0.839. The number of hydrogen-bond acceptors (Lipinski definition) is 5. The van der Waals surface area contributed by atoms with Crippen LogP contribution in [0.1, 0.15) is 32.1 Å². The highest BCUT2D eigenvalue weighted by Gasteiger charge is 2.41. The highest BCUT2D eigenvalue weighted by Crippen LogP contribution is 2.36. The zero-order chi connectivity index (χ0) is 26.3. The maximum Gasteiger partial charge on any atom is 0.317 e. The number of hydrogen-bond donors (Lipinski definition) is 2. The number of pyridine rings is 2. The molecule has 2 fully saturated rings. The number of halogens is 6. The molecular weight excluding hydrogens is 630 g/mol. The molecule has 37 heavy (non-hydrogen) atoms. The predicted molar refractivity (Wildman–Crippen MR) is 139 cm³/mol. The lowest BCUT2D eigenvalue weighted by Gasteiger charge is -2.32. The van der Waals surface area contributed by atoms with Crippen molar-refractivity contribution in [2.75, 3.05) is 18.4 Å². The summed E-state index contributed by atoms with van der Waals surface area (Å²) in [4.78, 5) is 21.8. The van der Waals surface area contributed by atoms with E-state index in [1.165, 1.54) is 15.2 Å². The zero-order valence-electron chi connectivity index (χ0n) is 19.3. The van der Waals surface area contributed by atoms with Crippen molar-refractivity contribution in [1.29, 1.82) is 0 Å². The first kappa shape index (κ1) is 26.3. The molecule has 0 spiro atoms. The van der Waals surface area contributed by atoms with Crippen LogP contribution < -0.4 is 10.6 Å². The summed E-state index contributed by atoms with van der Waals surface area (Å²) in [7, 11) is 1.26. The summed E-state index contributed by atoms with van der Waals surface area (Å²) in [5.41, 5.74) is 0.529. The van der Waals surface area contributed by atoms with Gasteiger partial charge >= 0.3 is 6.03 Å². The van der Waals surface area contributed by atoms with Gasteiger partial charge in [-0.3, -0.25) is 3.97 Å². The number of likely N-dealkylation sites (tertiary alicyclic amines) is 1. The van der Waals surface area contributed by atoms with Crippen molar-refractivity contribution in [1.82, 2.24) is 24.2 Å². The monoisotopic (exact) mass is 652 g/mol. The lowest BCUT2D eigenvalue weighted by molar-refractivity contribution is 0.0152. The normalized spacial score (nSPS) is 21.4. The Kier molecular flexibility index (Phi) is 7.40. The Balaban J connectivity index is 1.34. The fraction of sp³-hybridized carbons (Fsp3) is 0.435. The van der Waals surface area contributed by atoms with Crippen LogP contribution in [0.3, 0.4) is 0 Å². The summed E-state index contributed by atoms with van der Waals surface area (Å²) in [5.74, 6) is -5.43. The van der Waals surface area contributed by atoms with Gasteiger partial charge in [0.1, 0.15) is 11.5 Å². The number of carbonyl (C=O) groups excluding carboxylic acids is 1. The molecule has 2 amide bonds. The molecule has 1 aliphatic heterocycles. The Morgan fingerprint density at radius 3 is 2.68 bits per heavy atom. The quantitative estimate of drug-likeness (QED) is 0.256. The molecule has 3 aromatic rings. The van der Waals surface area contributed by atoms with E-state index in [1.54, 1.807) is 10.2 Å². The second-order valence-electron chi connectivity index (χ2n) is 9.29. The largest absolute Gasteiger partial charge is 0.365 e. The summed E-state index contributed by atoms with van der Waals surface area (Å²) in [5, 5.41) is 6.15. The summed E-state index contributed by atoms with van der Waals surface area (Å²) >= 11 is 2.01. The van der Waals surface area contributed by atoms with Crippen LogP contribution in [-0.4, -0.2) is 56.0 Å². The van der Waals surface area contributed by atoms with Crippen LogP contribution in [0.5, 0.6) is 0 Å². The number of aromatic nitrogens is 3. The smallest absolute Gasteiger partial charge is 0.317 e. The molecule has 4 heterocycles. The van der Waals surface area contributed by atoms with E-state index < -0.39 is 36.0 Å². The summed E-state index contributed by atoms with van der Waals surface area (Å²) in [6.45, 7) is -0.612. The van der Waals surface area contributed by atoms with Gasteiger partial charge in [-0.05, 0) is 31.7 Å². The Labute approximate surface area is 225 Å². The molecule has 2 N–H and O–H groups in total. The van der Waals surface area contributed by atoms with Gasteiger partial charge < -0.3 is 15.5 Å². The van der Waals surface area contributed by atoms with Gasteiger partial charge in [0.05, 0.1) is 12.7 Å². The van der Waals surface area contributed by atoms with Crippen molar-refractivity contribution >= 4 is 53.2 Å². The van der Waals surface area contributed by atoms with Crippen molar-refractivity contribution in [2.45, 2.75) is 50.1 Å². The van der Waals surface area contributed by atoms with E-state index in [2.05, 4.69) is 20.6 Å². The lowest BCUT2D eigenvalue weighted by Crippen LogP contribution is -2.47. The number of anilines is 1. The van der Waals surface area contributed by atoms with Gasteiger partial charge in [0.2, 0.25) is 0 Å². The minimum atomic E-state index is -2.87. The van der Waals surface area contributed by atoms with Crippen LogP contribution in [0, 0.1) is 17.5 Å². The second-order valence-corrected chi connectivity index (χ2v) is 11.0. The predicted octanol–water partition coefficient (Wildman–Crippen LogP) is 6.14. The Hall–Kier alpha value is -2.36. The molecule has 14 heteroatoms. The first-order chi connectivity index (χ1) is 17.6. The van der Waals surface area contributed by atoms with Crippen LogP contribution in [0.2, 0.25) is 0 Å². The molecule has 1 saturated carbocycles. The number of rotatable bonds is 5. The minimum absolute atomic E-state index is 0.00733. The summed E-state index contributed by atoms with van der Waals surface area (Å²) in [6.07, 6.45) is 4.71. The van der Waals surface area contributed by atoms with Crippen molar-refractivity contribution < 1.29 is 26.7 Å². The number of alkyl halides is 2. The molecular formula is C23H22F5IN6OS. The number of nitrogens with one attached hydrogen (secondary N) is 2. The molecule has 2 atom stereocenters. The molecule has 1 aliphatic carbocycles. The molecule has 1 saturated heterocycles. The third-order valence-corrected chi connectivity index (χ3v) is 8.34. The average Bonchev–Trinajstić information content (AvgIpc) is 3.40. The number of nitrogens with zero attached hydrogens (tertiary/aromatic N) is 4. The molecule has 0 aromatic carbocycles. The Morgan fingerprint density at radius 2 is 1.95 bits per heavy atom. The van der Waals surface area contributed by atoms with E-state index in [-0.39, 0.29) is 42.1 Å². The summed E-state index contributed by atoms with van der Waals surface area (Å²) < 4.78 is 72.1. The first-order valence-corrected chi connectivity index (χ1v) is 15.0. The molecule has 3 aromatic heterocycles. The van der Waals surface area contributed by atoms with E-state index in [9.17, 15) is 26.7 Å². The minimum Gasteiger partial charge on any atom is -0.365 e. The van der Waals surface area contributed by atoms with Gasteiger partial charge in [-0.15, -0.1) is 0 Å². The van der Waals surface area contributed by atoms with Gasteiger partial charge in [0.15, 0.2) is 23.1 Å². The molecule has 2 aliphatic rings. The Bertz CT molecular complexity index is 1340. The molecule has 0 bridgehead atoms. The van der Waals surface area contributed by atoms with E-state index in [1.807, 2.05) is 21.2 Å². The van der Waals surface area contributed by atoms with E-state index >= 15 is 0 Å². The van der Waals surface area contributed by atoms with Crippen LogP contribution in [0.25, 0.3) is 22.3 Å². The molecule has 5 rings (SSSR count). The second kappa shape index (κ2) is 10.4. The van der Waals surface area contributed by atoms with Crippen molar-refractivity contribution in [3.63, 3.8) is 0 Å². The topological polar surface area (TPSA) is 75.1 Å². The number of carbonyl (C=O) groups is 1. The highest BCUT2D eigenvalue weighted by atomic mass is 127. The standard InChI is InChI=1S/C23H22F5IN6OS/c24-12-6-15-16(10-35(37-29)21(15)30-9-12)19-17(25)8-18(26)20(33-19)31-13-2-1-3-14(7-13)32-22(36)34-5-4-23(27,28)11-34/h6,8-10,13-14H,1-5,7,11H2,(H,31,33)(H,32,36). The molecule has 7 nitrogen and oxygen atoms in total. The first-order valence-electron chi connectivity index (χ1n) is 11.7. The molecule has 198 valence electrons. The number of fused-ring (bicyclic) bond motifs is 1. The van der Waals surface area contributed by atoms with Crippen LogP contribution >= 0.6 is 30.3 Å². The highest BCUT2D eigenvalue weighted by molar-refractivity contribution is 14.2. The average molecular weight is 652 g/mol. The van der Waals surface area contributed by atoms with Gasteiger partial charge in [0, 0.05) is 78.6 Å². The van der Waals surface area contributed by atoms with E-state index in [0.717, 1.165) is 17.2 Å². The maximum absolute atomic E-state index is 14.9. The van der Waals surface area contributed by atoms with E-state index in [4.69, 9.17) is 0 Å². The van der Waals surface area contributed by atoms with Gasteiger partial charge in [-0.1, -0.05) is 0 Å². The van der Waals surface area contributed by atoms with Crippen molar-refractivity contribution in [2.24, 2.45) is 0 Å². The lowest BCUT2D eigenvalue weighted by atomic mass is 9.91. The maximum atomic E-state index is 14.9. The number of urea groups is 1. The van der Waals surface area contributed by atoms with E-state index in [0.29, 0.717) is 36.7 Å².